The molecule has 3 nitrogen and oxygen atoms in total. The Hall–Kier alpha value is -1.41. The van der Waals surface area contributed by atoms with Crippen LogP contribution < -0.4 is 0 Å². The van der Waals surface area contributed by atoms with Crippen LogP contribution in [0.1, 0.15) is 13.8 Å². The zero-order chi connectivity index (χ0) is 12.3. The summed E-state index contributed by atoms with van der Waals surface area (Å²) in [6.07, 6.45) is 0. The molecule has 16 heavy (non-hydrogen) atoms. The van der Waals surface area contributed by atoms with Gasteiger partial charge in [0.05, 0.1) is 6.07 Å². The molecule has 86 valence electrons. The lowest BCUT2D eigenvalue weighted by molar-refractivity contribution is 0.545. The molecule has 0 aliphatic rings. The molecule has 0 spiro atoms. The highest BCUT2D eigenvalue weighted by Crippen LogP contribution is 2.23. The van der Waals surface area contributed by atoms with Gasteiger partial charge in [-0.25, -0.2) is 12.8 Å². The Kier molecular flexibility index (Phi) is 3.66. The van der Waals surface area contributed by atoms with E-state index in [1.807, 2.05) is 0 Å². The number of sulfone groups is 1. The monoisotopic (exact) mass is 241 g/mol. The molecule has 0 saturated heterocycles. The Morgan fingerprint density at radius 2 is 1.88 bits per heavy atom. The highest BCUT2D eigenvalue weighted by Gasteiger charge is 2.32. The van der Waals surface area contributed by atoms with Gasteiger partial charge in [0.25, 0.3) is 0 Å². The van der Waals surface area contributed by atoms with Crippen LogP contribution in [-0.4, -0.2) is 13.7 Å². The van der Waals surface area contributed by atoms with Crippen LogP contribution in [-0.2, 0) is 9.84 Å². The van der Waals surface area contributed by atoms with Gasteiger partial charge in [0.1, 0.15) is 10.7 Å². The number of nitrogens with zero attached hydrogens (tertiary/aromatic N) is 1. The van der Waals surface area contributed by atoms with E-state index in [4.69, 9.17) is 5.26 Å². The predicted octanol–water partition coefficient (Wildman–Crippen LogP) is 2.15. The van der Waals surface area contributed by atoms with Crippen LogP contribution in [0.4, 0.5) is 4.39 Å². The van der Waals surface area contributed by atoms with Crippen molar-refractivity contribution in [1.82, 2.24) is 0 Å². The molecule has 0 bridgehead atoms. The molecule has 0 aliphatic carbocycles. The van der Waals surface area contributed by atoms with Crippen LogP contribution in [0.5, 0.6) is 0 Å². The first-order valence-corrected chi connectivity index (χ1v) is 6.34. The normalized spacial score (nSPS) is 13.4. The first-order valence-electron chi connectivity index (χ1n) is 4.79. The topological polar surface area (TPSA) is 57.9 Å². The fraction of sp³-hybridized carbons (Fsp3) is 0.364. The van der Waals surface area contributed by atoms with Crippen molar-refractivity contribution >= 4 is 9.84 Å². The summed E-state index contributed by atoms with van der Waals surface area (Å²) in [5, 5.41) is 7.61. The van der Waals surface area contributed by atoms with Gasteiger partial charge in [-0.3, -0.25) is 0 Å². The van der Waals surface area contributed by atoms with Crippen molar-refractivity contribution in [2.75, 3.05) is 0 Å². The first kappa shape index (κ1) is 12.7. The maximum atomic E-state index is 13.4. The lowest BCUT2D eigenvalue weighted by Gasteiger charge is -2.14. The van der Waals surface area contributed by atoms with Gasteiger partial charge in [0.15, 0.2) is 15.1 Å². The highest BCUT2D eigenvalue weighted by atomic mass is 32.2. The zero-order valence-electron chi connectivity index (χ0n) is 9.01. The van der Waals surface area contributed by atoms with E-state index in [1.54, 1.807) is 19.9 Å². The molecular weight excluding hydrogens is 229 g/mol. The molecule has 0 aromatic heterocycles. The summed E-state index contributed by atoms with van der Waals surface area (Å²) >= 11 is 0. The van der Waals surface area contributed by atoms with Crippen molar-refractivity contribution in [2.24, 2.45) is 5.92 Å². The average Bonchev–Trinajstić information content (AvgIpc) is 2.17. The zero-order valence-corrected chi connectivity index (χ0v) is 9.83. The SMILES string of the molecule is CC(C)C(C#N)S(=O)(=O)c1ccccc1F. The number of halogens is 1. The van der Waals surface area contributed by atoms with Crippen LogP contribution in [0.2, 0.25) is 0 Å². The lowest BCUT2D eigenvalue weighted by Crippen LogP contribution is -2.26. The second-order valence-corrected chi connectivity index (χ2v) is 5.81. The maximum absolute atomic E-state index is 13.4. The van der Waals surface area contributed by atoms with Crippen molar-refractivity contribution in [3.05, 3.63) is 30.1 Å². The average molecular weight is 241 g/mol. The Labute approximate surface area is 94.4 Å². The molecule has 1 atom stereocenters. The second kappa shape index (κ2) is 4.62. The van der Waals surface area contributed by atoms with E-state index in [9.17, 15) is 12.8 Å². The minimum atomic E-state index is -3.92. The highest BCUT2D eigenvalue weighted by molar-refractivity contribution is 7.92. The molecule has 0 fully saturated rings. The number of hydrogen-bond donors (Lipinski definition) is 0. The third-order valence-electron chi connectivity index (χ3n) is 2.21. The quantitative estimate of drug-likeness (QED) is 0.814. The van der Waals surface area contributed by atoms with Crippen molar-refractivity contribution in [3.8, 4) is 6.07 Å². The standard InChI is InChI=1S/C11H12FNO2S/c1-8(2)11(7-13)16(14,15)10-6-4-3-5-9(10)12/h3-6,8,11H,1-2H3. The van der Waals surface area contributed by atoms with Crippen LogP contribution in [0.15, 0.2) is 29.2 Å². The minimum absolute atomic E-state index is 0.380. The summed E-state index contributed by atoms with van der Waals surface area (Å²) in [7, 11) is -3.92. The van der Waals surface area contributed by atoms with Crippen LogP contribution in [0, 0.1) is 23.1 Å². The van der Waals surface area contributed by atoms with Gasteiger partial charge in [0.2, 0.25) is 0 Å². The largest absolute Gasteiger partial charge is 0.222 e. The molecule has 1 rings (SSSR count). The molecule has 0 amide bonds. The summed E-state index contributed by atoms with van der Waals surface area (Å²) in [6.45, 7) is 3.23. The van der Waals surface area contributed by atoms with Gasteiger partial charge in [-0.15, -0.1) is 0 Å². The molecule has 0 radical (unpaired) electrons. The molecule has 1 aromatic carbocycles. The first-order chi connectivity index (χ1) is 7.41. The third kappa shape index (κ3) is 2.22. The molecule has 1 unspecified atom stereocenters. The molecule has 1 aromatic rings. The Bertz CT molecular complexity index is 517. The van der Waals surface area contributed by atoms with Gasteiger partial charge >= 0.3 is 0 Å². The minimum Gasteiger partial charge on any atom is -0.222 e. The van der Waals surface area contributed by atoms with Crippen molar-refractivity contribution < 1.29 is 12.8 Å². The fourth-order valence-electron chi connectivity index (χ4n) is 1.39. The van der Waals surface area contributed by atoms with Crippen molar-refractivity contribution in [2.45, 2.75) is 24.0 Å². The molecular formula is C11H12FNO2S. The summed E-state index contributed by atoms with van der Waals surface area (Å²) in [6, 6.07) is 6.80. The van der Waals surface area contributed by atoms with Gasteiger partial charge in [0, 0.05) is 0 Å². The van der Waals surface area contributed by atoms with Crippen molar-refractivity contribution in [1.29, 1.82) is 5.26 Å². The molecule has 5 heteroatoms. The summed E-state index contributed by atoms with van der Waals surface area (Å²) in [5.41, 5.74) is 0. The number of benzene rings is 1. The number of hydrogen-bond acceptors (Lipinski definition) is 3. The van der Waals surface area contributed by atoms with Gasteiger partial charge in [-0.1, -0.05) is 26.0 Å². The fourth-order valence-corrected chi connectivity index (χ4v) is 3.13. The third-order valence-corrected chi connectivity index (χ3v) is 4.47. The molecule has 0 aliphatic heterocycles. The van der Waals surface area contributed by atoms with Crippen LogP contribution >= 0.6 is 0 Å². The second-order valence-electron chi connectivity index (χ2n) is 3.77. The van der Waals surface area contributed by atoms with Crippen LogP contribution in [0.3, 0.4) is 0 Å². The van der Waals surface area contributed by atoms with E-state index in [0.29, 0.717) is 0 Å². The van der Waals surface area contributed by atoms with E-state index >= 15 is 0 Å². The Morgan fingerprint density at radius 1 is 1.31 bits per heavy atom. The molecule has 0 N–H and O–H groups in total. The predicted molar refractivity (Wildman–Crippen MR) is 57.8 cm³/mol. The summed E-state index contributed by atoms with van der Waals surface area (Å²) < 4.78 is 37.3. The Balaban J connectivity index is 3.33. The smallest absolute Gasteiger partial charge is 0.197 e. The van der Waals surface area contributed by atoms with E-state index in [-0.39, 0.29) is 5.92 Å². The van der Waals surface area contributed by atoms with E-state index < -0.39 is 25.8 Å². The lowest BCUT2D eigenvalue weighted by atomic mass is 10.1. The Morgan fingerprint density at radius 3 is 2.31 bits per heavy atom. The maximum Gasteiger partial charge on any atom is 0.197 e. The van der Waals surface area contributed by atoms with E-state index in [2.05, 4.69) is 0 Å². The number of nitriles is 1. The van der Waals surface area contributed by atoms with Gasteiger partial charge in [-0.05, 0) is 18.1 Å². The van der Waals surface area contributed by atoms with Crippen LogP contribution in [0.25, 0.3) is 0 Å². The van der Waals surface area contributed by atoms with E-state index in [1.165, 1.54) is 18.2 Å². The summed E-state index contributed by atoms with van der Waals surface area (Å²) in [5.74, 6) is -1.20. The number of rotatable bonds is 3. The molecule has 0 saturated carbocycles. The molecule has 0 heterocycles. The van der Waals surface area contributed by atoms with E-state index in [0.717, 1.165) is 6.07 Å². The summed E-state index contributed by atoms with van der Waals surface area (Å²) in [4.78, 5) is -0.407. The van der Waals surface area contributed by atoms with Gasteiger partial charge < -0.3 is 0 Å². The van der Waals surface area contributed by atoms with Crippen molar-refractivity contribution in [3.63, 3.8) is 0 Å². The van der Waals surface area contributed by atoms with Gasteiger partial charge in [-0.2, -0.15) is 5.26 Å².